The molecule has 0 bridgehead atoms. The largest absolute Gasteiger partial charge is 0.341 e. The highest BCUT2D eigenvalue weighted by molar-refractivity contribution is 7.09. The Bertz CT molecular complexity index is 338. The van der Waals surface area contributed by atoms with E-state index in [4.69, 9.17) is 0 Å². The zero-order valence-corrected chi connectivity index (χ0v) is 11.1. The minimum absolute atomic E-state index is 0.598. The Morgan fingerprint density at radius 3 is 2.75 bits per heavy atom. The number of hydrogen-bond donors (Lipinski definition) is 0. The lowest BCUT2D eigenvalue weighted by Gasteiger charge is -2.40. The third-order valence-corrected chi connectivity index (χ3v) is 4.09. The molecule has 0 amide bonds. The number of aromatic nitrogens is 2. The Morgan fingerprint density at radius 2 is 2.19 bits per heavy atom. The summed E-state index contributed by atoms with van der Waals surface area (Å²) in [6, 6.07) is 0.598. The van der Waals surface area contributed by atoms with Crippen LogP contribution in [0.5, 0.6) is 0 Å². The summed E-state index contributed by atoms with van der Waals surface area (Å²) >= 11 is 1.53. The average molecular weight is 240 g/mol. The summed E-state index contributed by atoms with van der Waals surface area (Å²) < 4.78 is 4.28. The first-order valence-corrected chi connectivity index (χ1v) is 6.81. The molecule has 1 fully saturated rings. The molecule has 0 unspecified atom stereocenters. The van der Waals surface area contributed by atoms with Crippen molar-refractivity contribution in [2.24, 2.45) is 0 Å². The molecule has 1 aliphatic rings. The second kappa shape index (κ2) is 5.10. The third kappa shape index (κ3) is 2.35. The molecule has 5 heteroatoms. The maximum Gasteiger partial charge on any atom is 0.205 e. The smallest absolute Gasteiger partial charge is 0.205 e. The molecule has 90 valence electrons. The van der Waals surface area contributed by atoms with Gasteiger partial charge in [-0.25, -0.2) is 4.98 Å². The fourth-order valence-corrected chi connectivity index (χ4v) is 2.98. The van der Waals surface area contributed by atoms with Crippen LogP contribution in [0.4, 0.5) is 5.13 Å². The van der Waals surface area contributed by atoms with Crippen LogP contribution < -0.4 is 4.90 Å². The van der Waals surface area contributed by atoms with Gasteiger partial charge in [-0.2, -0.15) is 4.37 Å². The van der Waals surface area contributed by atoms with E-state index in [0.717, 1.165) is 37.1 Å². The number of hydrogen-bond acceptors (Lipinski definition) is 5. The molecule has 16 heavy (non-hydrogen) atoms. The van der Waals surface area contributed by atoms with Gasteiger partial charge in [0.25, 0.3) is 0 Å². The summed E-state index contributed by atoms with van der Waals surface area (Å²) in [5, 5.41) is 1.10. The second-order valence-electron chi connectivity index (χ2n) is 4.27. The summed E-state index contributed by atoms with van der Waals surface area (Å²) in [4.78, 5) is 9.44. The van der Waals surface area contributed by atoms with Gasteiger partial charge < -0.3 is 4.90 Å². The average Bonchev–Trinajstić information content (AvgIpc) is 2.74. The van der Waals surface area contributed by atoms with Gasteiger partial charge in [0.15, 0.2) is 0 Å². The summed E-state index contributed by atoms with van der Waals surface area (Å²) in [6.45, 7) is 11.0. The number of piperazine rings is 1. The molecule has 1 saturated heterocycles. The Labute approximate surface area is 101 Å². The van der Waals surface area contributed by atoms with Crippen molar-refractivity contribution in [3.05, 3.63) is 5.82 Å². The highest BCUT2D eigenvalue weighted by atomic mass is 32.1. The molecule has 1 aromatic heterocycles. The first-order chi connectivity index (χ1) is 7.74. The van der Waals surface area contributed by atoms with Gasteiger partial charge in [0, 0.05) is 37.2 Å². The number of nitrogens with zero attached hydrogens (tertiary/aromatic N) is 4. The van der Waals surface area contributed by atoms with Crippen LogP contribution in [0.15, 0.2) is 0 Å². The standard InChI is InChI=1S/C11H20N4S/c1-4-10-8-14(5-2)6-7-15(10)11-12-9(3)13-16-11/h10H,4-8H2,1-3H3/t10-/m0/s1. The molecule has 1 aliphatic heterocycles. The van der Waals surface area contributed by atoms with Gasteiger partial charge in [0.2, 0.25) is 5.13 Å². The predicted octanol–water partition coefficient (Wildman–Crippen LogP) is 1.77. The number of anilines is 1. The Balaban J connectivity index is 2.09. The molecule has 0 radical (unpaired) electrons. The van der Waals surface area contributed by atoms with Crippen molar-refractivity contribution in [2.75, 3.05) is 31.1 Å². The molecule has 1 atom stereocenters. The SMILES string of the molecule is CC[C@H]1CN(CC)CCN1c1nc(C)ns1. The van der Waals surface area contributed by atoms with Gasteiger partial charge in [0.1, 0.15) is 5.82 Å². The zero-order valence-electron chi connectivity index (χ0n) is 10.3. The molecule has 2 rings (SSSR count). The van der Waals surface area contributed by atoms with Crippen LogP contribution in [0.1, 0.15) is 26.1 Å². The predicted molar refractivity (Wildman–Crippen MR) is 68.2 cm³/mol. The molecule has 0 saturated carbocycles. The van der Waals surface area contributed by atoms with Crippen LogP contribution in [-0.4, -0.2) is 46.5 Å². The van der Waals surface area contributed by atoms with E-state index >= 15 is 0 Å². The van der Waals surface area contributed by atoms with Crippen LogP contribution in [0.2, 0.25) is 0 Å². The Hall–Kier alpha value is -0.680. The van der Waals surface area contributed by atoms with E-state index in [0.29, 0.717) is 6.04 Å². The molecule has 2 heterocycles. The maximum atomic E-state index is 4.50. The van der Waals surface area contributed by atoms with E-state index < -0.39 is 0 Å². The van der Waals surface area contributed by atoms with Crippen LogP contribution in [-0.2, 0) is 0 Å². The van der Waals surface area contributed by atoms with Crippen molar-refractivity contribution in [1.29, 1.82) is 0 Å². The first-order valence-electron chi connectivity index (χ1n) is 6.03. The lowest BCUT2D eigenvalue weighted by atomic mass is 10.1. The van der Waals surface area contributed by atoms with Gasteiger partial charge in [-0.3, -0.25) is 4.90 Å². The molecule has 0 aliphatic carbocycles. The summed E-state index contributed by atoms with van der Waals surface area (Å²) in [5.74, 6) is 0.896. The van der Waals surface area contributed by atoms with Gasteiger partial charge in [0.05, 0.1) is 0 Å². The molecular weight excluding hydrogens is 220 g/mol. The van der Waals surface area contributed by atoms with Crippen molar-refractivity contribution >= 4 is 16.7 Å². The van der Waals surface area contributed by atoms with E-state index in [2.05, 4.69) is 33.0 Å². The molecule has 4 nitrogen and oxygen atoms in total. The molecule has 0 aromatic carbocycles. The van der Waals surface area contributed by atoms with Crippen molar-refractivity contribution < 1.29 is 0 Å². The first kappa shape index (κ1) is 11.8. The van der Waals surface area contributed by atoms with Gasteiger partial charge in [-0.15, -0.1) is 0 Å². The van der Waals surface area contributed by atoms with Crippen molar-refractivity contribution in [3.8, 4) is 0 Å². The van der Waals surface area contributed by atoms with Crippen molar-refractivity contribution in [3.63, 3.8) is 0 Å². The minimum atomic E-state index is 0.598. The van der Waals surface area contributed by atoms with Crippen molar-refractivity contribution in [2.45, 2.75) is 33.2 Å². The fraction of sp³-hybridized carbons (Fsp3) is 0.818. The topological polar surface area (TPSA) is 32.3 Å². The van der Waals surface area contributed by atoms with E-state index in [1.165, 1.54) is 18.0 Å². The Kier molecular flexibility index (Phi) is 3.76. The van der Waals surface area contributed by atoms with E-state index in [9.17, 15) is 0 Å². The molecule has 1 aromatic rings. The van der Waals surface area contributed by atoms with Crippen molar-refractivity contribution in [1.82, 2.24) is 14.3 Å². The normalized spacial score (nSPS) is 22.7. The van der Waals surface area contributed by atoms with Crippen LogP contribution in [0.25, 0.3) is 0 Å². The summed E-state index contributed by atoms with van der Waals surface area (Å²) in [7, 11) is 0. The quantitative estimate of drug-likeness (QED) is 0.806. The van der Waals surface area contributed by atoms with Gasteiger partial charge in [-0.05, 0) is 19.9 Å². The molecule has 0 N–H and O–H groups in total. The number of rotatable bonds is 3. The highest BCUT2D eigenvalue weighted by Gasteiger charge is 2.26. The monoisotopic (exact) mass is 240 g/mol. The van der Waals surface area contributed by atoms with E-state index in [-0.39, 0.29) is 0 Å². The maximum absolute atomic E-state index is 4.50. The van der Waals surface area contributed by atoms with E-state index in [1.54, 1.807) is 0 Å². The highest BCUT2D eigenvalue weighted by Crippen LogP contribution is 2.23. The van der Waals surface area contributed by atoms with Gasteiger partial charge >= 0.3 is 0 Å². The van der Waals surface area contributed by atoms with Gasteiger partial charge in [-0.1, -0.05) is 13.8 Å². The van der Waals surface area contributed by atoms with Crippen LogP contribution >= 0.6 is 11.5 Å². The van der Waals surface area contributed by atoms with E-state index in [1.807, 2.05) is 6.92 Å². The number of aryl methyl sites for hydroxylation is 1. The second-order valence-corrected chi connectivity index (χ2v) is 5.00. The Morgan fingerprint density at radius 1 is 1.38 bits per heavy atom. The molecular formula is C11H20N4S. The van der Waals surface area contributed by atoms with Crippen LogP contribution in [0, 0.1) is 6.92 Å². The molecule has 0 spiro atoms. The summed E-state index contributed by atoms with van der Waals surface area (Å²) in [6.07, 6.45) is 1.18. The fourth-order valence-electron chi connectivity index (χ4n) is 2.21. The lowest BCUT2D eigenvalue weighted by Crippen LogP contribution is -2.52. The number of likely N-dealkylation sites (N-methyl/N-ethyl adjacent to an activating group) is 1. The zero-order chi connectivity index (χ0) is 11.5. The summed E-state index contributed by atoms with van der Waals surface area (Å²) in [5.41, 5.74) is 0. The third-order valence-electron chi connectivity index (χ3n) is 3.25. The minimum Gasteiger partial charge on any atom is -0.341 e. The van der Waals surface area contributed by atoms with Crippen LogP contribution in [0.3, 0.4) is 0 Å². The lowest BCUT2D eigenvalue weighted by molar-refractivity contribution is 0.230.